The van der Waals surface area contributed by atoms with Crippen molar-refractivity contribution in [2.24, 2.45) is 10.9 Å². The molecule has 0 radical (unpaired) electrons. The fourth-order valence-electron chi connectivity index (χ4n) is 3.04. The summed E-state index contributed by atoms with van der Waals surface area (Å²) in [5.74, 6) is 0.207. The average molecular weight is 272 g/mol. The fraction of sp³-hybridized carbons (Fsp3) is 0.500. The second kappa shape index (κ2) is 5.37. The predicted molar refractivity (Wildman–Crippen MR) is 78.1 cm³/mol. The third-order valence-electron chi connectivity index (χ3n) is 4.40. The fourth-order valence-corrected chi connectivity index (χ4v) is 3.04. The van der Waals surface area contributed by atoms with Crippen LogP contribution in [0.5, 0.6) is 0 Å². The second-order valence-corrected chi connectivity index (χ2v) is 5.76. The molecule has 0 aromatic carbocycles. The van der Waals surface area contributed by atoms with Crippen molar-refractivity contribution in [2.45, 2.75) is 44.4 Å². The minimum absolute atomic E-state index is 0.0708. The Bertz CT molecular complexity index is 515. The number of aliphatic hydroxyl groups excluding tert-OH is 1. The van der Waals surface area contributed by atoms with E-state index in [0.717, 1.165) is 36.8 Å². The molecule has 2 atom stereocenters. The first-order valence-electron chi connectivity index (χ1n) is 7.27. The molecule has 3 aliphatic rings. The van der Waals surface area contributed by atoms with E-state index in [2.05, 4.69) is 11.6 Å². The number of carbonyl (C=O) groups excluding carboxylic acids is 1. The van der Waals surface area contributed by atoms with Crippen molar-refractivity contribution in [1.29, 1.82) is 0 Å². The topological polar surface area (TPSA) is 52.9 Å². The lowest BCUT2D eigenvalue weighted by Gasteiger charge is -2.35. The van der Waals surface area contributed by atoms with Gasteiger partial charge in [0.25, 0.3) is 0 Å². The lowest BCUT2D eigenvalue weighted by molar-refractivity contribution is -0.147. The number of nitrogens with zero attached hydrogens (tertiary/aromatic N) is 2. The Hall–Kier alpha value is -1.68. The molecule has 0 spiro atoms. The van der Waals surface area contributed by atoms with Gasteiger partial charge >= 0.3 is 0 Å². The summed E-state index contributed by atoms with van der Waals surface area (Å²) in [7, 11) is 0. The first-order valence-corrected chi connectivity index (χ1v) is 7.27. The quantitative estimate of drug-likeness (QED) is 0.837. The average Bonchev–Trinajstić information content (AvgIpc) is 2.59. The van der Waals surface area contributed by atoms with Gasteiger partial charge in [-0.1, -0.05) is 13.0 Å². The lowest BCUT2D eigenvalue weighted by Crippen LogP contribution is -2.46. The number of likely N-dealkylation sites (tertiary alicyclic amines) is 1. The molecule has 1 aliphatic carbocycles. The Labute approximate surface area is 119 Å². The summed E-state index contributed by atoms with van der Waals surface area (Å²) >= 11 is 0. The van der Waals surface area contributed by atoms with Crippen molar-refractivity contribution < 1.29 is 9.90 Å². The molecule has 1 amide bonds. The molecule has 1 saturated heterocycles. The minimum atomic E-state index is -0.660. The van der Waals surface area contributed by atoms with Crippen LogP contribution in [0.25, 0.3) is 0 Å². The molecule has 0 aromatic heterocycles. The number of aliphatic imine (C=N–C) groups is 1. The minimum Gasteiger partial charge on any atom is -0.374 e. The third-order valence-corrected chi connectivity index (χ3v) is 4.40. The van der Waals surface area contributed by atoms with Crippen LogP contribution >= 0.6 is 0 Å². The number of hydrogen-bond donors (Lipinski definition) is 1. The van der Waals surface area contributed by atoms with Crippen molar-refractivity contribution in [3.63, 3.8) is 0 Å². The molecule has 1 N–H and O–H groups in total. The summed E-state index contributed by atoms with van der Waals surface area (Å²) < 4.78 is 0. The van der Waals surface area contributed by atoms with Gasteiger partial charge in [0.2, 0.25) is 5.91 Å². The third kappa shape index (κ3) is 2.36. The van der Waals surface area contributed by atoms with E-state index in [-0.39, 0.29) is 17.9 Å². The van der Waals surface area contributed by atoms with E-state index in [1.165, 1.54) is 0 Å². The van der Waals surface area contributed by atoms with Gasteiger partial charge in [-0.2, -0.15) is 0 Å². The van der Waals surface area contributed by atoms with Crippen LogP contribution in [0.1, 0.15) is 32.1 Å². The first-order chi connectivity index (χ1) is 9.66. The molecule has 0 unspecified atom stereocenters. The zero-order valence-corrected chi connectivity index (χ0v) is 11.5. The van der Waals surface area contributed by atoms with Crippen LogP contribution in [0.15, 0.2) is 41.1 Å². The second-order valence-electron chi connectivity index (χ2n) is 5.76. The van der Waals surface area contributed by atoms with Crippen LogP contribution in [0, 0.1) is 5.92 Å². The monoisotopic (exact) mass is 272 g/mol. The maximum atomic E-state index is 12.5. The number of hydrogen-bond acceptors (Lipinski definition) is 3. The highest BCUT2D eigenvalue weighted by atomic mass is 16.3. The number of amides is 1. The number of aliphatic hydroxyl groups is 1. The summed E-state index contributed by atoms with van der Waals surface area (Å²) in [5.41, 5.74) is 1.83. The number of rotatable bonds is 2. The summed E-state index contributed by atoms with van der Waals surface area (Å²) in [6.45, 7) is 3.94. The van der Waals surface area contributed by atoms with Crippen LogP contribution in [0.2, 0.25) is 0 Å². The Morgan fingerprint density at radius 2 is 2.15 bits per heavy atom. The molecule has 2 heterocycles. The maximum absolute atomic E-state index is 12.5. The summed E-state index contributed by atoms with van der Waals surface area (Å²) in [6.07, 6.45) is 11.1. The van der Waals surface area contributed by atoms with Gasteiger partial charge in [0.05, 0.1) is 6.04 Å². The van der Waals surface area contributed by atoms with Gasteiger partial charge in [0.1, 0.15) is 6.23 Å². The van der Waals surface area contributed by atoms with E-state index in [0.29, 0.717) is 6.42 Å². The number of carbonyl (C=O) groups is 1. The van der Waals surface area contributed by atoms with E-state index in [1.54, 1.807) is 17.3 Å². The first kappa shape index (κ1) is 13.3. The highest BCUT2D eigenvalue weighted by molar-refractivity contribution is 5.86. The molecule has 4 nitrogen and oxygen atoms in total. The standard InChI is InChI=1S/C16H20N2O2/c1-11-7-8-17-10-13(9-11)14-5-6-15(19)18(14)16(20)12-3-2-4-12/h7-10,12,14-15,19H,1-6H2/t14-,15+/m0/s1. The van der Waals surface area contributed by atoms with Crippen molar-refractivity contribution in [3.05, 3.63) is 36.1 Å². The van der Waals surface area contributed by atoms with Gasteiger partial charge in [0, 0.05) is 18.3 Å². The van der Waals surface area contributed by atoms with Gasteiger partial charge < -0.3 is 10.0 Å². The van der Waals surface area contributed by atoms with Gasteiger partial charge in [0.15, 0.2) is 0 Å². The van der Waals surface area contributed by atoms with Crippen LogP contribution in [0.3, 0.4) is 0 Å². The summed E-state index contributed by atoms with van der Waals surface area (Å²) in [6, 6.07) is -0.0708. The van der Waals surface area contributed by atoms with E-state index in [9.17, 15) is 9.90 Å². The Morgan fingerprint density at radius 1 is 1.35 bits per heavy atom. The lowest BCUT2D eigenvalue weighted by atomic mass is 9.84. The zero-order chi connectivity index (χ0) is 14.1. The van der Waals surface area contributed by atoms with Gasteiger partial charge in [-0.25, -0.2) is 0 Å². The van der Waals surface area contributed by atoms with Crippen molar-refractivity contribution in [2.75, 3.05) is 0 Å². The van der Waals surface area contributed by atoms with E-state index >= 15 is 0 Å². The molecule has 2 aliphatic heterocycles. The molecule has 106 valence electrons. The molecule has 2 fully saturated rings. The van der Waals surface area contributed by atoms with Crippen LogP contribution in [0.4, 0.5) is 0 Å². The molecule has 1 saturated carbocycles. The van der Waals surface area contributed by atoms with Gasteiger partial charge in [-0.15, -0.1) is 0 Å². The zero-order valence-electron chi connectivity index (χ0n) is 11.5. The van der Waals surface area contributed by atoms with Crippen molar-refractivity contribution in [3.8, 4) is 0 Å². The van der Waals surface area contributed by atoms with Crippen LogP contribution in [-0.2, 0) is 4.79 Å². The maximum Gasteiger partial charge on any atom is 0.228 e. The summed E-state index contributed by atoms with van der Waals surface area (Å²) in [5, 5.41) is 10.2. The van der Waals surface area contributed by atoms with Gasteiger partial charge in [-0.3, -0.25) is 9.79 Å². The molecular formula is C16H20N2O2. The van der Waals surface area contributed by atoms with Crippen LogP contribution < -0.4 is 0 Å². The molecule has 4 heteroatoms. The Balaban J connectivity index is 1.84. The normalized spacial score (nSPS) is 30.1. The molecular weight excluding hydrogens is 252 g/mol. The molecule has 0 bridgehead atoms. The highest BCUT2D eigenvalue weighted by Crippen LogP contribution is 2.35. The van der Waals surface area contributed by atoms with Gasteiger partial charge in [-0.05, 0) is 49.0 Å². The van der Waals surface area contributed by atoms with Crippen molar-refractivity contribution in [1.82, 2.24) is 4.90 Å². The highest BCUT2D eigenvalue weighted by Gasteiger charge is 2.41. The number of allylic oxidation sites excluding steroid dienone is 3. The van der Waals surface area contributed by atoms with E-state index < -0.39 is 6.23 Å². The Morgan fingerprint density at radius 3 is 2.85 bits per heavy atom. The molecule has 20 heavy (non-hydrogen) atoms. The smallest absolute Gasteiger partial charge is 0.228 e. The summed E-state index contributed by atoms with van der Waals surface area (Å²) in [4.78, 5) is 18.4. The largest absolute Gasteiger partial charge is 0.374 e. The van der Waals surface area contributed by atoms with Crippen molar-refractivity contribution >= 4 is 12.1 Å². The SMILES string of the molecule is C=C1C=CN=CC([C@@H]2CC[C@@H](O)N2C(=O)C2CCC2)=C1. The Kier molecular flexibility index (Phi) is 3.57. The predicted octanol–water partition coefficient (Wildman–Crippen LogP) is 2.18. The van der Waals surface area contributed by atoms with Crippen LogP contribution in [-0.4, -0.2) is 34.4 Å². The van der Waals surface area contributed by atoms with E-state index in [4.69, 9.17) is 0 Å². The van der Waals surface area contributed by atoms with E-state index in [1.807, 2.05) is 12.2 Å². The molecule has 3 rings (SSSR count). The molecule has 0 aromatic rings.